The van der Waals surface area contributed by atoms with Crippen LogP contribution in [-0.2, 0) is 17.6 Å². The summed E-state index contributed by atoms with van der Waals surface area (Å²) < 4.78 is 5.45. The van der Waals surface area contributed by atoms with Crippen molar-refractivity contribution in [3.05, 3.63) is 65.7 Å². The van der Waals surface area contributed by atoms with E-state index in [2.05, 4.69) is 35.2 Å². The Hall–Kier alpha value is -2.33. The lowest BCUT2D eigenvalue weighted by atomic mass is 10.1. The average Bonchev–Trinajstić information content (AvgIpc) is 2.69. The van der Waals surface area contributed by atoms with Crippen LogP contribution >= 0.6 is 0 Å². The molecule has 0 N–H and O–H groups in total. The third-order valence-corrected chi connectivity index (χ3v) is 4.87. The Balaban J connectivity index is 1.41. The maximum atomic E-state index is 12.5. The van der Waals surface area contributed by atoms with Crippen molar-refractivity contribution >= 4 is 5.91 Å². The molecule has 26 heavy (non-hydrogen) atoms. The molecule has 1 aliphatic rings. The first-order valence-electron chi connectivity index (χ1n) is 9.50. The zero-order chi connectivity index (χ0) is 18.2. The fraction of sp³-hybridized carbons (Fsp3) is 0.409. The predicted molar refractivity (Wildman–Crippen MR) is 104 cm³/mol. The smallest absolute Gasteiger partial charge is 0.227 e. The van der Waals surface area contributed by atoms with E-state index in [0.29, 0.717) is 13.0 Å². The fourth-order valence-corrected chi connectivity index (χ4v) is 3.31. The predicted octanol–water partition coefficient (Wildman–Crippen LogP) is 3.01. The Morgan fingerprint density at radius 3 is 2.27 bits per heavy atom. The molecular formula is C22H28N2O2. The fourth-order valence-electron chi connectivity index (χ4n) is 3.31. The van der Waals surface area contributed by atoms with Crippen LogP contribution < -0.4 is 4.74 Å². The highest BCUT2D eigenvalue weighted by Gasteiger charge is 2.20. The quantitative estimate of drug-likeness (QED) is 0.768. The molecule has 0 radical (unpaired) electrons. The van der Waals surface area contributed by atoms with Gasteiger partial charge < -0.3 is 9.64 Å². The lowest BCUT2D eigenvalue weighted by Gasteiger charge is -2.34. The second kappa shape index (κ2) is 9.39. The van der Waals surface area contributed by atoms with E-state index in [-0.39, 0.29) is 5.91 Å². The van der Waals surface area contributed by atoms with Crippen molar-refractivity contribution in [3.8, 4) is 5.75 Å². The van der Waals surface area contributed by atoms with E-state index < -0.39 is 0 Å². The molecule has 0 saturated carbocycles. The molecule has 1 heterocycles. The van der Waals surface area contributed by atoms with E-state index in [4.69, 9.17) is 4.74 Å². The van der Waals surface area contributed by atoms with Gasteiger partial charge in [0, 0.05) is 32.7 Å². The molecule has 4 heteroatoms. The van der Waals surface area contributed by atoms with Crippen molar-refractivity contribution in [2.24, 2.45) is 0 Å². The lowest BCUT2D eigenvalue weighted by molar-refractivity contribution is -0.132. The highest BCUT2D eigenvalue weighted by atomic mass is 16.5. The number of piperazine rings is 1. The molecule has 0 aliphatic carbocycles. The highest BCUT2D eigenvalue weighted by molar-refractivity contribution is 5.79. The van der Waals surface area contributed by atoms with Crippen molar-refractivity contribution in [1.82, 2.24) is 9.80 Å². The van der Waals surface area contributed by atoms with Gasteiger partial charge in [-0.3, -0.25) is 9.69 Å². The van der Waals surface area contributed by atoms with Gasteiger partial charge in [0.25, 0.3) is 0 Å². The number of benzene rings is 2. The molecule has 2 aromatic rings. The van der Waals surface area contributed by atoms with Crippen LogP contribution in [0.3, 0.4) is 0 Å². The largest absolute Gasteiger partial charge is 0.494 e. The summed E-state index contributed by atoms with van der Waals surface area (Å²) in [5, 5.41) is 0. The highest BCUT2D eigenvalue weighted by Crippen LogP contribution is 2.14. The number of amides is 1. The summed E-state index contributed by atoms with van der Waals surface area (Å²) in [6.07, 6.45) is 1.54. The topological polar surface area (TPSA) is 32.8 Å². The van der Waals surface area contributed by atoms with Crippen molar-refractivity contribution in [2.75, 3.05) is 39.3 Å². The molecule has 0 bridgehead atoms. The van der Waals surface area contributed by atoms with Gasteiger partial charge in [-0.15, -0.1) is 0 Å². The summed E-state index contributed by atoms with van der Waals surface area (Å²) in [6.45, 7) is 7.26. The standard InChI is InChI=1S/C22H28N2O2/c1-2-26-21-10-8-20(9-11-21)18-22(25)24-16-14-23(15-17-24)13-12-19-6-4-3-5-7-19/h3-11H,2,12-18H2,1H3. The van der Waals surface area contributed by atoms with E-state index in [9.17, 15) is 4.79 Å². The van der Waals surface area contributed by atoms with E-state index in [1.165, 1.54) is 5.56 Å². The summed E-state index contributed by atoms with van der Waals surface area (Å²) >= 11 is 0. The molecule has 0 spiro atoms. The molecule has 1 saturated heterocycles. The summed E-state index contributed by atoms with van der Waals surface area (Å²) in [6, 6.07) is 18.4. The molecule has 0 aromatic heterocycles. The normalized spacial score (nSPS) is 15.0. The Morgan fingerprint density at radius 2 is 1.62 bits per heavy atom. The Kier molecular flexibility index (Phi) is 6.67. The number of hydrogen-bond donors (Lipinski definition) is 0. The zero-order valence-electron chi connectivity index (χ0n) is 15.6. The molecule has 0 unspecified atom stereocenters. The van der Waals surface area contributed by atoms with Crippen LogP contribution in [0.2, 0.25) is 0 Å². The second-order valence-corrected chi connectivity index (χ2v) is 6.71. The molecule has 4 nitrogen and oxygen atoms in total. The molecule has 0 atom stereocenters. The van der Waals surface area contributed by atoms with Gasteiger partial charge in [0.2, 0.25) is 5.91 Å². The van der Waals surface area contributed by atoms with Gasteiger partial charge in [0.15, 0.2) is 0 Å². The van der Waals surface area contributed by atoms with Crippen molar-refractivity contribution < 1.29 is 9.53 Å². The minimum Gasteiger partial charge on any atom is -0.494 e. The van der Waals surface area contributed by atoms with Gasteiger partial charge in [0.05, 0.1) is 13.0 Å². The Labute approximate surface area is 156 Å². The van der Waals surface area contributed by atoms with Gasteiger partial charge >= 0.3 is 0 Å². The van der Waals surface area contributed by atoms with Gasteiger partial charge in [0.1, 0.15) is 5.75 Å². The summed E-state index contributed by atoms with van der Waals surface area (Å²) in [5.41, 5.74) is 2.42. The van der Waals surface area contributed by atoms with Crippen molar-refractivity contribution in [1.29, 1.82) is 0 Å². The minimum absolute atomic E-state index is 0.219. The van der Waals surface area contributed by atoms with Gasteiger partial charge in [-0.1, -0.05) is 42.5 Å². The zero-order valence-corrected chi connectivity index (χ0v) is 15.6. The maximum Gasteiger partial charge on any atom is 0.227 e. The first-order valence-corrected chi connectivity index (χ1v) is 9.50. The van der Waals surface area contributed by atoms with Crippen LogP contribution in [0.5, 0.6) is 5.75 Å². The van der Waals surface area contributed by atoms with Crippen LogP contribution in [0.25, 0.3) is 0 Å². The van der Waals surface area contributed by atoms with Gasteiger partial charge in [-0.2, -0.15) is 0 Å². The third kappa shape index (κ3) is 5.33. The van der Waals surface area contributed by atoms with E-state index >= 15 is 0 Å². The van der Waals surface area contributed by atoms with E-state index in [1.54, 1.807) is 0 Å². The molecule has 1 fully saturated rings. The van der Waals surface area contributed by atoms with Crippen LogP contribution in [0.15, 0.2) is 54.6 Å². The number of ether oxygens (including phenoxy) is 1. The maximum absolute atomic E-state index is 12.5. The number of hydrogen-bond acceptors (Lipinski definition) is 3. The summed E-state index contributed by atoms with van der Waals surface area (Å²) in [7, 11) is 0. The molecule has 3 rings (SSSR count). The average molecular weight is 352 g/mol. The van der Waals surface area contributed by atoms with Crippen molar-refractivity contribution in [3.63, 3.8) is 0 Å². The second-order valence-electron chi connectivity index (χ2n) is 6.71. The van der Waals surface area contributed by atoms with Gasteiger partial charge in [-0.05, 0) is 36.6 Å². The first kappa shape index (κ1) is 18.5. The van der Waals surface area contributed by atoms with Crippen LogP contribution in [0, 0.1) is 0 Å². The molecule has 138 valence electrons. The molecular weight excluding hydrogens is 324 g/mol. The van der Waals surface area contributed by atoms with E-state index in [0.717, 1.165) is 50.5 Å². The molecule has 1 amide bonds. The minimum atomic E-state index is 0.219. The molecule has 1 aliphatic heterocycles. The Bertz CT molecular complexity index is 677. The summed E-state index contributed by atoms with van der Waals surface area (Å²) in [4.78, 5) is 17.0. The number of carbonyl (C=O) groups excluding carboxylic acids is 1. The van der Waals surface area contributed by atoms with Gasteiger partial charge in [-0.25, -0.2) is 0 Å². The number of carbonyl (C=O) groups is 1. The number of nitrogens with zero attached hydrogens (tertiary/aromatic N) is 2. The Morgan fingerprint density at radius 1 is 0.923 bits per heavy atom. The number of rotatable bonds is 7. The SMILES string of the molecule is CCOc1ccc(CC(=O)N2CCN(CCc3ccccc3)CC2)cc1. The van der Waals surface area contributed by atoms with Crippen LogP contribution in [0.4, 0.5) is 0 Å². The van der Waals surface area contributed by atoms with E-state index in [1.807, 2.05) is 36.1 Å². The van der Waals surface area contributed by atoms with Crippen LogP contribution in [-0.4, -0.2) is 55.0 Å². The third-order valence-electron chi connectivity index (χ3n) is 4.87. The molecule has 2 aromatic carbocycles. The first-order chi connectivity index (χ1) is 12.7. The summed E-state index contributed by atoms with van der Waals surface area (Å²) in [5.74, 6) is 1.08. The lowest BCUT2D eigenvalue weighted by Crippen LogP contribution is -2.49. The van der Waals surface area contributed by atoms with Crippen LogP contribution in [0.1, 0.15) is 18.1 Å². The van der Waals surface area contributed by atoms with Crippen molar-refractivity contribution in [2.45, 2.75) is 19.8 Å². The monoisotopic (exact) mass is 352 g/mol.